The normalized spacial score (nSPS) is 21.7. The van der Waals surface area contributed by atoms with Crippen molar-refractivity contribution in [3.8, 4) is 0 Å². The molecule has 2 fully saturated rings. The number of halogens is 4. The largest absolute Gasteiger partial charge is 0.416 e. The maximum Gasteiger partial charge on any atom is 0.416 e. The van der Waals surface area contributed by atoms with Gasteiger partial charge in [0.25, 0.3) is 0 Å². The summed E-state index contributed by atoms with van der Waals surface area (Å²) in [5.41, 5.74) is -1.16. The summed E-state index contributed by atoms with van der Waals surface area (Å²) in [6, 6.07) is 2.31. The molecule has 1 aliphatic carbocycles. The number of likely N-dealkylation sites (tertiary alicyclic amines) is 1. The van der Waals surface area contributed by atoms with Crippen molar-refractivity contribution in [2.24, 2.45) is 5.92 Å². The molecule has 0 bridgehead atoms. The maximum absolute atomic E-state index is 13.9. The molecular formula is C21H26F4N2O2. The van der Waals surface area contributed by atoms with Crippen molar-refractivity contribution < 1.29 is 27.2 Å². The topological polar surface area (TPSA) is 49.4 Å². The Labute approximate surface area is 167 Å². The van der Waals surface area contributed by atoms with E-state index in [1.54, 1.807) is 0 Å². The van der Waals surface area contributed by atoms with Crippen LogP contribution in [-0.2, 0) is 22.3 Å². The number of benzene rings is 1. The van der Waals surface area contributed by atoms with Crippen molar-refractivity contribution in [2.75, 3.05) is 6.54 Å². The van der Waals surface area contributed by atoms with E-state index in [0.717, 1.165) is 50.7 Å². The van der Waals surface area contributed by atoms with E-state index >= 15 is 0 Å². The van der Waals surface area contributed by atoms with Gasteiger partial charge < -0.3 is 10.2 Å². The highest BCUT2D eigenvalue weighted by atomic mass is 19.4. The molecule has 0 spiro atoms. The van der Waals surface area contributed by atoms with Crippen LogP contribution >= 0.6 is 0 Å². The third-order valence-electron chi connectivity index (χ3n) is 5.91. The molecule has 3 rings (SSSR count). The summed E-state index contributed by atoms with van der Waals surface area (Å²) < 4.78 is 52.4. The molecule has 4 nitrogen and oxygen atoms in total. The van der Waals surface area contributed by atoms with Gasteiger partial charge in [-0.3, -0.25) is 9.59 Å². The van der Waals surface area contributed by atoms with E-state index in [4.69, 9.17) is 0 Å². The van der Waals surface area contributed by atoms with Crippen molar-refractivity contribution in [3.63, 3.8) is 0 Å². The molecule has 0 aromatic heterocycles. The van der Waals surface area contributed by atoms with Crippen molar-refractivity contribution >= 4 is 11.8 Å². The van der Waals surface area contributed by atoms with Gasteiger partial charge in [-0.25, -0.2) is 4.39 Å². The standard InChI is InChI=1S/C21H26F4N2O2/c22-18-9-8-16(21(23,24)25)11-15(18)12-26-20(29)14-7-10-19(28)27(13-14)17-5-3-1-2-4-6-17/h8-9,11,14,17H,1-7,10,12-13H2,(H,26,29)/t14-/m1/s1. The van der Waals surface area contributed by atoms with Gasteiger partial charge in [-0.1, -0.05) is 25.7 Å². The molecule has 2 amide bonds. The number of rotatable bonds is 4. The lowest BCUT2D eigenvalue weighted by Crippen LogP contribution is -2.49. The van der Waals surface area contributed by atoms with Gasteiger partial charge in [0, 0.05) is 31.1 Å². The number of carbonyl (C=O) groups excluding carboxylic acids is 2. The summed E-state index contributed by atoms with van der Waals surface area (Å²) in [6.07, 6.45) is 2.45. The Morgan fingerprint density at radius 1 is 1.10 bits per heavy atom. The van der Waals surface area contributed by atoms with E-state index in [0.29, 0.717) is 19.0 Å². The van der Waals surface area contributed by atoms with Gasteiger partial charge in [-0.05, 0) is 37.5 Å². The Bertz CT molecular complexity index is 743. The molecule has 1 atom stereocenters. The predicted molar refractivity (Wildman–Crippen MR) is 99.2 cm³/mol. The zero-order valence-corrected chi connectivity index (χ0v) is 16.2. The molecule has 0 unspecified atom stereocenters. The van der Waals surface area contributed by atoms with Crippen LogP contribution in [0.5, 0.6) is 0 Å². The summed E-state index contributed by atoms with van der Waals surface area (Å²) in [5, 5.41) is 2.55. The van der Waals surface area contributed by atoms with E-state index < -0.39 is 23.5 Å². The second-order valence-corrected chi connectivity index (χ2v) is 7.95. The molecule has 1 aliphatic heterocycles. The van der Waals surface area contributed by atoms with Gasteiger partial charge in [-0.15, -0.1) is 0 Å². The monoisotopic (exact) mass is 414 g/mol. The fraction of sp³-hybridized carbons (Fsp3) is 0.619. The first-order chi connectivity index (χ1) is 13.8. The van der Waals surface area contributed by atoms with Gasteiger partial charge in [0.2, 0.25) is 11.8 Å². The van der Waals surface area contributed by atoms with Gasteiger partial charge >= 0.3 is 6.18 Å². The van der Waals surface area contributed by atoms with Crippen LogP contribution in [-0.4, -0.2) is 29.3 Å². The number of hydrogen-bond acceptors (Lipinski definition) is 2. The minimum absolute atomic E-state index is 0.0601. The predicted octanol–water partition coefficient (Wildman–Crippen LogP) is 4.42. The van der Waals surface area contributed by atoms with E-state index in [-0.39, 0.29) is 36.4 Å². The minimum atomic E-state index is -4.57. The highest BCUT2D eigenvalue weighted by molar-refractivity contribution is 5.84. The van der Waals surface area contributed by atoms with E-state index in [2.05, 4.69) is 5.32 Å². The van der Waals surface area contributed by atoms with Gasteiger partial charge in [0.15, 0.2) is 0 Å². The lowest BCUT2D eigenvalue weighted by molar-refractivity contribution is -0.141. The number of nitrogens with zero attached hydrogens (tertiary/aromatic N) is 1. The number of amides is 2. The SMILES string of the molecule is O=C(NCc1cc(C(F)(F)F)ccc1F)[C@@H]1CCC(=O)N(C2CCCCCC2)C1. The number of alkyl halides is 3. The van der Waals surface area contributed by atoms with Crippen LogP contribution in [0.4, 0.5) is 17.6 Å². The minimum Gasteiger partial charge on any atom is -0.352 e. The van der Waals surface area contributed by atoms with Crippen LogP contribution in [0.15, 0.2) is 18.2 Å². The number of piperidine rings is 1. The Morgan fingerprint density at radius 2 is 1.79 bits per heavy atom. The van der Waals surface area contributed by atoms with E-state index in [1.807, 2.05) is 4.90 Å². The van der Waals surface area contributed by atoms with Crippen LogP contribution in [0, 0.1) is 11.7 Å². The maximum atomic E-state index is 13.9. The first kappa shape index (κ1) is 21.6. The molecule has 1 aromatic rings. The summed E-state index contributed by atoms with van der Waals surface area (Å²) in [4.78, 5) is 26.8. The van der Waals surface area contributed by atoms with Crippen LogP contribution in [0.25, 0.3) is 0 Å². The highest BCUT2D eigenvalue weighted by Gasteiger charge is 2.34. The Hall–Kier alpha value is -2.12. The molecule has 1 heterocycles. The second-order valence-electron chi connectivity index (χ2n) is 7.95. The molecule has 8 heteroatoms. The van der Waals surface area contributed by atoms with Crippen LogP contribution in [0.1, 0.15) is 62.5 Å². The summed E-state index contributed by atoms with van der Waals surface area (Å²) >= 11 is 0. The van der Waals surface area contributed by atoms with Crippen molar-refractivity contribution in [1.29, 1.82) is 0 Å². The number of hydrogen-bond donors (Lipinski definition) is 1. The number of carbonyl (C=O) groups is 2. The Kier molecular flexibility index (Phi) is 6.80. The molecule has 0 radical (unpaired) electrons. The molecule has 2 aliphatic rings. The molecule has 1 saturated heterocycles. The fourth-order valence-corrected chi connectivity index (χ4v) is 4.22. The first-order valence-electron chi connectivity index (χ1n) is 10.2. The van der Waals surface area contributed by atoms with Gasteiger partial charge in [0.05, 0.1) is 11.5 Å². The Balaban J connectivity index is 1.61. The van der Waals surface area contributed by atoms with Crippen molar-refractivity contribution in [1.82, 2.24) is 10.2 Å². The van der Waals surface area contributed by atoms with E-state index in [1.165, 1.54) is 0 Å². The van der Waals surface area contributed by atoms with Crippen LogP contribution in [0.2, 0.25) is 0 Å². The van der Waals surface area contributed by atoms with Crippen molar-refractivity contribution in [2.45, 2.75) is 70.1 Å². The fourth-order valence-electron chi connectivity index (χ4n) is 4.22. The highest BCUT2D eigenvalue weighted by Crippen LogP contribution is 2.31. The average molecular weight is 414 g/mol. The molecule has 1 saturated carbocycles. The smallest absolute Gasteiger partial charge is 0.352 e. The molecule has 1 aromatic carbocycles. The second kappa shape index (κ2) is 9.13. The quantitative estimate of drug-likeness (QED) is 0.586. The van der Waals surface area contributed by atoms with E-state index in [9.17, 15) is 27.2 Å². The van der Waals surface area contributed by atoms with Gasteiger partial charge in [-0.2, -0.15) is 13.2 Å². The molecule has 160 valence electrons. The third-order valence-corrected chi connectivity index (χ3v) is 5.91. The van der Waals surface area contributed by atoms with Crippen LogP contribution in [0.3, 0.4) is 0 Å². The summed E-state index contributed by atoms with van der Waals surface area (Å²) in [6.45, 7) is 0.00285. The van der Waals surface area contributed by atoms with Crippen LogP contribution < -0.4 is 5.32 Å². The zero-order valence-electron chi connectivity index (χ0n) is 16.2. The summed E-state index contributed by atoms with van der Waals surface area (Å²) in [5.74, 6) is -1.51. The van der Waals surface area contributed by atoms with Crippen molar-refractivity contribution in [3.05, 3.63) is 35.1 Å². The Morgan fingerprint density at radius 3 is 2.45 bits per heavy atom. The summed E-state index contributed by atoms with van der Waals surface area (Å²) in [7, 11) is 0. The lowest BCUT2D eigenvalue weighted by atomic mass is 9.93. The molecular weight excluding hydrogens is 388 g/mol. The third kappa shape index (κ3) is 5.48. The first-order valence-corrected chi connectivity index (χ1v) is 10.2. The molecule has 29 heavy (non-hydrogen) atoms. The zero-order chi connectivity index (χ0) is 21.0. The number of nitrogens with one attached hydrogen (secondary N) is 1. The molecule has 1 N–H and O–H groups in total. The lowest BCUT2D eigenvalue weighted by Gasteiger charge is -2.37. The van der Waals surface area contributed by atoms with Gasteiger partial charge in [0.1, 0.15) is 5.82 Å². The average Bonchev–Trinajstić information content (AvgIpc) is 2.96.